The molecule has 11 heteroatoms. The summed E-state index contributed by atoms with van der Waals surface area (Å²) in [6, 6.07) is 13.3. The van der Waals surface area contributed by atoms with E-state index in [2.05, 4.69) is 26.3 Å². The van der Waals surface area contributed by atoms with Crippen LogP contribution in [0.2, 0.25) is 0 Å². The van der Waals surface area contributed by atoms with Gasteiger partial charge in [-0.25, -0.2) is 9.78 Å². The van der Waals surface area contributed by atoms with Crippen LogP contribution in [0, 0.1) is 0 Å². The molecule has 0 aliphatic carbocycles. The molecule has 0 bridgehead atoms. The maximum Gasteiger partial charge on any atom is 0.356 e. The van der Waals surface area contributed by atoms with Gasteiger partial charge < -0.3 is 37.1 Å². The Morgan fingerprint density at radius 1 is 1.13 bits per heavy atom. The number of nitrogens with zero attached hydrogens (tertiary/aromatic N) is 2. The topological polar surface area (TPSA) is 186 Å². The number of amides is 1. The molecule has 0 fully saturated rings. The molecule has 30 heavy (non-hydrogen) atoms. The van der Waals surface area contributed by atoms with Gasteiger partial charge in [0.15, 0.2) is 11.5 Å². The highest BCUT2D eigenvalue weighted by Gasteiger charge is 2.18. The molecule has 0 saturated carbocycles. The molecule has 11 nitrogen and oxygen atoms in total. The summed E-state index contributed by atoms with van der Waals surface area (Å²) in [5.74, 6) is -0.604. The number of hydrogen-bond donors (Lipinski definition) is 6. The largest absolute Gasteiger partial charge is 0.508 e. The Kier molecular flexibility index (Phi) is 7.34. The molecule has 0 atom stereocenters. The molecule has 2 aromatic carbocycles. The van der Waals surface area contributed by atoms with E-state index in [0.717, 1.165) is 0 Å². The number of aromatic hydroxyl groups is 1. The van der Waals surface area contributed by atoms with E-state index in [1.165, 1.54) is 19.2 Å². The third-order valence-corrected chi connectivity index (χ3v) is 3.61. The van der Waals surface area contributed by atoms with Crippen LogP contribution in [-0.4, -0.2) is 39.7 Å². The predicted octanol–water partition coefficient (Wildman–Crippen LogP) is 2.06. The van der Waals surface area contributed by atoms with Crippen LogP contribution < -0.4 is 26.8 Å². The van der Waals surface area contributed by atoms with Crippen molar-refractivity contribution in [2.24, 2.45) is 5.73 Å². The van der Waals surface area contributed by atoms with Gasteiger partial charge in [0.25, 0.3) is 0 Å². The fraction of sp³-hybridized carbons (Fsp3) is 0.0526. The fourth-order valence-corrected chi connectivity index (χ4v) is 2.37. The monoisotopic (exact) mass is 412 g/mol. The number of benzene rings is 2. The Balaban J connectivity index is 0.00000101. The summed E-state index contributed by atoms with van der Waals surface area (Å²) in [5, 5.41) is 24.8. The van der Waals surface area contributed by atoms with Crippen molar-refractivity contribution in [3.8, 4) is 11.5 Å². The molecule has 0 radical (unpaired) electrons. The molecule has 0 aliphatic rings. The number of phenols is 1. The zero-order chi connectivity index (χ0) is 22.1. The number of methoxy groups -OCH3 is 1. The van der Waals surface area contributed by atoms with Crippen LogP contribution in [0.1, 0.15) is 10.5 Å². The average molecular weight is 412 g/mol. The van der Waals surface area contributed by atoms with E-state index in [1.807, 2.05) is 0 Å². The van der Waals surface area contributed by atoms with E-state index in [0.29, 0.717) is 17.1 Å². The van der Waals surface area contributed by atoms with Gasteiger partial charge >= 0.3 is 5.97 Å². The number of nitrogens with one attached hydrogen (secondary N) is 2. The Morgan fingerprint density at radius 3 is 2.47 bits per heavy atom. The average Bonchev–Trinajstić information content (AvgIpc) is 2.71. The fourth-order valence-electron chi connectivity index (χ4n) is 2.37. The van der Waals surface area contributed by atoms with Crippen molar-refractivity contribution in [3.63, 3.8) is 0 Å². The number of anilines is 5. The van der Waals surface area contributed by atoms with Gasteiger partial charge in [-0.15, -0.1) is 0 Å². The molecule has 0 unspecified atom stereocenters. The quantitative estimate of drug-likeness (QED) is 0.327. The first-order chi connectivity index (χ1) is 14.4. The molecule has 0 aliphatic heterocycles. The van der Waals surface area contributed by atoms with Gasteiger partial charge in [-0.2, -0.15) is 4.98 Å². The first-order valence-corrected chi connectivity index (χ1v) is 8.41. The number of nitrogen functional groups attached to an aromatic ring is 1. The van der Waals surface area contributed by atoms with Crippen molar-refractivity contribution in [2.45, 2.75) is 0 Å². The van der Waals surface area contributed by atoms with Crippen molar-refractivity contribution in [1.82, 2.24) is 9.97 Å². The first kappa shape index (κ1) is 21.8. The van der Waals surface area contributed by atoms with Gasteiger partial charge in [-0.05, 0) is 24.3 Å². The number of nitrogens with two attached hydrogens (primary N) is 2. The predicted molar refractivity (Wildman–Crippen MR) is 111 cm³/mol. The van der Waals surface area contributed by atoms with Crippen molar-refractivity contribution >= 4 is 41.2 Å². The third-order valence-electron chi connectivity index (χ3n) is 3.61. The highest BCUT2D eigenvalue weighted by Crippen LogP contribution is 2.31. The van der Waals surface area contributed by atoms with Crippen LogP contribution in [0.4, 0.5) is 28.8 Å². The molecular weight excluding hydrogens is 392 g/mol. The minimum absolute atomic E-state index is 0.00426. The second-order valence-electron chi connectivity index (χ2n) is 5.60. The number of hydrogen-bond acceptors (Lipinski definition) is 9. The molecule has 1 heterocycles. The lowest BCUT2D eigenvalue weighted by atomic mass is 10.2. The highest BCUT2D eigenvalue weighted by molar-refractivity contribution is 5.95. The number of carbonyl (C=O) groups excluding carboxylic acids is 1. The lowest BCUT2D eigenvalue weighted by molar-refractivity contribution is -0.106. The van der Waals surface area contributed by atoms with Crippen LogP contribution in [0.3, 0.4) is 0 Å². The highest BCUT2D eigenvalue weighted by atomic mass is 16.5. The molecule has 3 rings (SSSR count). The van der Waals surface area contributed by atoms with Crippen LogP contribution >= 0.6 is 0 Å². The van der Waals surface area contributed by atoms with Gasteiger partial charge in [0.1, 0.15) is 17.2 Å². The van der Waals surface area contributed by atoms with Gasteiger partial charge in [0, 0.05) is 11.8 Å². The lowest BCUT2D eigenvalue weighted by Gasteiger charge is -2.14. The summed E-state index contributed by atoms with van der Waals surface area (Å²) in [6.45, 7) is 0. The second kappa shape index (κ2) is 10.1. The van der Waals surface area contributed by atoms with Crippen molar-refractivity contribution in [1.29, 1.82) is 0 Å². The Hall–Kier alpha value is -4.54. The van der Waals surface area contributed by atoms with Gasteiger partial charge in [-0.1, -0.05) is 18.2 Å². The van der Waals surface area contributed by atoms with Gasteiger partial charge in [0.2, 0.25) is 12.4 Å². The normalized spacial score (nSPS) is 9.63. The van der Waals surface area contributed by atoms with E-state index >= 15 is 0 Å². The summed E-state index contributed by atoms with van der Waals surface area (Å²) in [5.41, 5.74) is 10.7. The van der Waals surface area contributed by atoms with Gasteiger partial charge in [-0.3, -0.25) is 4.79 Å². The maximum atomic E-state index is 11.5. The Bertz CT molecular complexity index is 1040. The molecule has 0 spiro atoms. The second-order valence-corrected chi connectivity index (χ2v) is 5.60. The lowest BCUT2D eigenvalue weighted by Crippen LogP contribution is -2.12. The van der Waals surface area contributed by atoms with E-state index in [1.54, 1.807) is 36.4 Å². The smallest absolute Gasteiger partial charge is 0.356 e. The van der Waals surface area contributed by atoms with Crippen LogP contribution in [0.15, 0.2) is 48.5 Å². The summed E-state index contributed by atoms with van der Waals surface area (Å²) in [4.78, 5) is 28.3. The summed E-state index contributed by atoms with van der Waals surface area (Å²) >= 11 is 0. The summed E-state index contributed by atoms with van der Waals surface area (Å²) in [6.07, 6.45) is 0.250. The minimum atomic E-state index is -1.29. The van der Waals surface area contributed by atoms with Crippen LogP contribution in [0.25, 0.3) is 0 Å². The number of carbonyl (C=O) groups is 2. The van der Waals surface area contributed by atoms with Crippen molar-refractivity contribution in [2.75, 3.05) is 23.5 Å². The number of rotatable bonds is 6. The SMILES string of the molecule is COc1ccccc1Nc1nc(Nc2cccc(O)c2)nc(C(=O)O)c1N.NC=O. The Morgan fingerprint density at radius 2 is 1.83 bits per heavy atom. The van der Waals surface area contributed by atoms with E-state index in [4.69, 9.17) is 15.3 Å². The number of ether oxygens (including phenoxy) is 1. The van der Waals surface area contributed by atoms with Crippen molar-refractivity contribution < 1.29 is 24.5 Å². The minimum Gasteiger partial charge on any atom is -0.508 e. The van der Waals surface area contributed by atoms with E-state index < -0.39 is 5.97 Å². The molecule has 1 amide bonds. The van der Waals surface area contributed by atoms with Gasteiger partial charge in [0.05, 0.1) is 12.8 Å². The number of primary amides is 1. The van der Waals surface area contributed by atoms with Crippen LogP contribution in [0.5, 0.6) is 11.5 Å². The zero-order valence-corrected chi connectivity index (χ0v) is 15.9. The van der Waals surface area contributed by atoms with Crippen LogP contribution in [-0.2, 0) is 4.79 Å². The number of phenolic OH excluding ortho intramolecular Hbond substituents is 1. The third kappa shape index (κ3) is 5.48. The standard InChI is InChI=1S/C18H17N5O4.CH3NO/c1-27-13-8-3-2-7-12(13)21-16-14(19)15(17(25)26)22-18(23-16)20-10-5-4-6-11(24)9-10;2-1-3/h2-9,24H,19H2,1H3,(H,25,26)(H2,20,21,22,23);1H,(H2,2,3). The van der Waals surface area contributed by atoms with E-state index in [9.17, 15) is 15.0 Å². The molecule has 3 aromatic rings. The summed E-state index contributed by atoms with van der Waals surface area (Å²) in [7, 11) is 1.52. The summed E-state index contributed by atoms with van der Waals surface area (Å²) < 4.78 is 5.27. The molecule has 156 valence electrons. The number of carboxylic acid groups (broad SMARTS) is 1. The molecule has 8 N–H and O–H groups in total. The number of para-hydroxylation sites is 2. The van der Waals surface area contributed by atoms with E-state index in [-0.39, 0.29) is 35.3 Å². The zero-order valence-electron chi connectivity index (χ0n) is 15.9. The number of carboxylic acids is 1. The molecule has 0 saturated heterocycles. The number of aromatic carboxylic acids is 1. The molecular formula is C19H20N6O5. The number of aromatic nitrogens is 2. The molecule has 1 aromatic heterocycles. The first-order valence-electron chi connectivity index (χ1n) is 8.41. The Labute approximate surface area is 171 Å². The maximum absolute atomic E-state index is 11.5. The van der Waals surface area contributed by atoms with Crippen molar-refractivity contribution in [3.05, 3.63) is 54.2 Å².